The smallest absolute Gasteiger partial charge is 0.224 e. The van der Waals surface area contributed by atoms with Crippen molar-refractivity contribution in [1.29, 1.82) is 0 Å². The minimum absolute atomic E-state index is 0.136. The third kappa shape index (κ3) is 4.05. The average molecular weight is 309 g/mol. The standard InChI is InChI=1S/C16H23NO3S/c18-16(9-12-4-8-21-11-12)17-15-3-7-20-10-14(15)13-1-5-19-6-2-13/h4,8,11,13-15H,1-3,5-7,9-10H2,(H,17,18)/t14-,15-/m0/s1. The molecule has 116 valence electrons. The van der Waals surface area contributed by atoms with Crippen molar-refractivity contribution in [2.24, 2.45) is 11.8 Å². The summed E-state index contributed by atoms with van der Waals surface area (Å²) in [6.45, 7) is 3.21. The van der Waals surface area contributed by atoms with Gasteiger partial charge in [-0.2, -0.15) is 11.3 Å². The van der Waals surface area contributed by atoms with Gasteiger partial charge in [0.15, 0.2) is 0 Å². The number of amides is 1. The van der Waals surface area contributed by atoms with Gasteiger partial charge in [0, 0.05) is 31.8 Å². The summed E-state index contributed by atoms with van der Waals surface area (Å²) in [4.78, 5) is 12.2. The maximum atomic E-state index is 12.2. The molecule has 5 heteroatoms. The van der Waals surface area contributed by atoms with Crippen molar-refractivity contribution >= 4 is 17.2 Å². The lowest BCUT2D eigenvalue weighted by Crippen LogP contribution is -2.49. The second-order valence-corrected chi connectivity index (χ2v) is 6.74. The van der Waals surface area contributed by atoms with E-state index in [9.17, 15) is 4.79 Å². The van der Waals surface area contributed by atoms with E-state index in [4.69, 9.17) is 9.47 Å². The Hall–Kier alpha value is -0.910. The number of carbonyl (C=O) groups excluding carboxylic acids is 1. The van der Waals surface area contributed by atoms with Crippen molar-refractivity contribution in [1.82, 2.24) is 5.32 Å². The number of ether oxygens (including phenoxy) is 2. The number of carbonyl (C=O) groups is 1. The molecule has 1 N–H and O–H groups in total. The molecule has 2 aliphatic heterocycles. The SMILES string of the molecule is O=C(Cc1ccsc1)N[C@H]1CCOC[C@H]1C1CCOCC1. The number of hydrogen-bond acceptors (Lipinski definition) is 4. The highest BCUT2D eigenvalue weighted by Crippen LogP contribution is 2.30. The van der Waals surface area contributed by atoms with E-state index in [1.54, 1.807) is 11.3 Å². The zero-order chi connectivity index (χ0) is 14.5. The highest BCUT2D eigenvalue weighted by Gasteiger charge is 2.34. The molecule has 0 bridgehead atoms. The molecule has 3 rings (SSSR count). The Labute approximate surface area is 129 Å². The van der Waals surface area contributed by atoms with Crippen LogP contribution in [0.1, 0.15) is 24.8 Å². The molecule has 0 saturated carbocycles. The molecule has 0 aliphatic carbocycles. The van der Waals surface area contributed by atoms with Gasteiger partial charge in [0.05, 0.1) is 13.0 Å². The van der Waals surface area contributed by atoms with Crippen molar-refractivity contribution in [3.63, 3.8) is 0 Å². The summed E-state index contributed by atoms with van der Waals surface area (Å²) in [6.07, 6.45) is 3.59. The summed E-state index contributed by atoms with van der Waals surface area (Å²) in [5.74, 6) is 1.19. The molecule has 1 aromatic heterocycles. The van der Waals surface area contributed by atoms with Gasteiger partial charge in [0.1, 0.15) is 0 Å². The third-order valence-corrected chi connectivity index (χ3v) is 5.29. The van der Waals surface area contributed by atoms with E-state index < -0.39 is 0 Å². The van der Waals surface area contributed by atoms with Crippen LogP contribution in [0.2, 0.25) is 0 Å². The quantitative estimate of drug-likeness (QED) is 0.928. The molecule has 0 aromatic carbocycles. The maximum Gasteiger partial charge on any atom is 0.224 e. The molecule has 0 radical (unpaired) electrons. The Balaban J connectivity index is 1.57. The van der Waals surface area contributed by atoms with E-state index in [1.807, 2.05) is 16.8 Å². The molecule has 0 unspecified atom stereocenters. The number of nitrogens with one attached hydrogen (secondary N) is 1. The second kappa shape index (κ2) is 7.38. The van der Waals surface area contributed by atoms with Crippen LogP contribution in [-0.2, 0) is 20.7 Å². The summed E-state index contributed by atoms with van der Waals surface area (Å²) in [5, 5.41) is 7.31. The number of hydrogen-bond donors (Lipinski definition) is 1. The second-order valence-electron chi connectivity index (χ2n) is 5.96. The predicted molar refractivity (Wildman–Crippen MR) is 82.4 cm³/mol. The average Bonchev–Trinajstić information content (AvgIpc) is 3.01. The van der Waals surface area contributed by atoms with Crippen molar-refractivity contribution in [2.75, 3.05) is 26.4 Å². The van der Waals surface area contributed by atoms with E-state index in [0.29, 0.717) is 18.3 Å². The van der Waals surface area contributed by atoms with Crippen LogP contribution < -0.4 is 5.32 Å². The Bertz CT molecular complexity index is 442. The Morgan fingerprint density at radius 1 is 1.24 bits per heavy atom. The van der Waals surface area contributed by atoms with Crippen LogP contribution in [0, 0.1) is 11.8 Å². The lowest BCUT2D eigenvalue weighted by atomic mass is 9.79. The lowest BCUT2D eigenvalue weighted by molar-refractivity contribution is -0.123. The van der Waals surface area contributed by atoms with Gasteiger partial charge in [0.25, 0.3) is 0 Å². The van der Waals surface area contributed by atoms with E-state index in [0.717, 1.165) is 51.3 Å². The van der Waals surface area contributed by atoms with Gasteiger partial charge in [-0.25, -0.2) is 0 Å². The minimum Gasteiger partial charge on any atom is -0.381 e. The molecule has 0 spiro atoms. The van der Waals surface area contributed by atoms with Crippen molar-refractivity contribution in [3.8, 4) is 0 Å². The minimum atomic E-state index is 0.136. The van der Waals surface area contributed by atoms with E-state index >= 15 is 0 Å². The number of rotatable bonds is 4. The van der Waals surface area contributed by atoms with Crippen LogP contribution in [0.4, 0.5) is 0 Å². The first kappa shape index (κ1) is 15.0. The van der Waals surface area contributed by atoms with Gasteiger partial charge in [-0.3, -0.25) is 4.79 Å². The Morgan fingerprint density at radius 2 is 2.05 bits per heavy atom. The highest BCUT2D eigenvalue weighted by molar-refractivity contribution is 7.07. The van der Waals surface area contributed by atoms with Gasteiger partial charge >= 0.3 is 0 Å². The predicted octanol–water partition coefficient (Wildman–Crippen LogP) is 2.24. The van der Waals surface area contributed by atoms with E-state index in [-0.39, 0.29) is 11.9 Å². The molecule has 1 amide bonds. The monoisotopic (exact) mass is 309 g/mol. The van der Waals surface area contributed by atoms with Crippen LogP contribution >= 0.6 is 11.3 Å². The summed E-state index contributed by atoms with van der Waals surface area (Å²) in [5.41, 5.74) is 1.10. The molecule has 2 saturated heterocycles. The topological polar surface area (TPSA) is 47.6 Å². The molecule has 1 aromatic rings. The van der Waals surface area contributed by atoms with Crippen LogP contribution in [-0.4, -0.2) is 38.4 Å². The fourth-order valence-corrected chi connectivity index (χ4v) is 4.05. The first-order valence-corrected chi connectivity index (χ1v) is 8.73. The normalized spacial score (nSPS) is 27.4. The molecule has 2 fully saturated rings. The van der Waals surface area contributed by atoms with Crippen LogP contribution in [0.15, 0.2) is 16.8 Å². The van der Waals surface area contributed by atoms with E-state index in [2.05, 4.69) is 5.32 Å². The molecular weight excluding hydrogens is 286 g/mol. The fourth-order valence-electron chi connectivity index (χ4n) is 3.38. The van der Waals surface area contributed by atoms with Crippen molar-refractivity contribution < 1.29 is 14.3 Å². The van der Waals surface area contributed by atoms with Crippen molar-refractivity contribution in [2.45, 2.75) is 31.7 Å². The molecule has 2 aliphatic rings. The molecule has 21 heavy (non-hydrogen) atoms. The molecule has 3 heterocycles. The molecule has 4 nitrogen and oxygen atoms in total. The highest BCUT2D eigenvalue weighted by atomic mass is 32.1. The van der Waals surface area contributed by atoms with Crippen LogP contribution in [0.25, 0.3) is 0 Å². The van der Waals surface area contributed by atoms with E-state index in [1.165, 1.54) is 0 Å². The maximum absolute atomic E-state index is 12.2. The Morgan fingerprint density at radius 3 is 2.81 bits per heavy atom. The summed E-state index contributed by atoms with van der Waals surface area (Å²) in [7, 11) is 0. The van der Waals surface area contributed by atoms with Crippen LogP contribution in [0.5, 0.6) is 0 Å². The van der Waals surface area contributed by atoms with Gasteiger partial charge in [-0.15, -0.1) is 0 Å². The number of thiophene rings is 1. The fraction of sp³-hybridized carbons (Fsp3) is 0.688. The zero-order valence-corrected chi connectivity index (χ0v) is 13.1. The summed E-state index contributed by atoms with van der Waals surface area (Å²) in [6, 6.07) is 2.28. The molecule has 2 atom stereocenters. The van der Waals surface area contributed by atoms with Crippen molar-refractivity contribution in [3.05, 3.63) is 22.4 Å². The molecular formula is C16H23NO3S. The van der Waals surface area contributed by atoms with Gasteiger partial charge in [-0.05, 0) is 47.6 Å². The zero-order valence-electron chi connectivity index (χ0n) is 12.3. The van der Waals surface area contributed by atoms with Gasteiger partial charge < -0.3 is 14.8 Å². The van der Waals surface area contributed by atoms with Gasteiger partial charge in [0.2, 0.25) is 5.91 Å². The first-order valence-electron chi connectivity index (χ1n) is 7.79. The lowest BCUT2D eigenvalue weighted by Gasteiger charge is -2.39. The van der Waals surface area contributed by atoms with Gasteiger partial charge in [-0.1, -0.05) is 0 Å². The Kier molecular flexibility index (Phi) is 5.27. The largest absolute Gasteiger partial charge is 0.381 e. The third-order valence-electron chi connectivity index (χ3n) is 4.56. The first-order chi connectivity index (χ1) is 10.3. The summed E-state index contributed by atoms with van der Waals surface area (Å²) < 4.78 is 11.1. The van der Waals surface area contributed by atoms with Crippen LogP contribution in [0.3, 0.4) is 0 Å². The summed E-state index contributed by atoms with van der Waals surface area (Å²) >= 11 is 1.64.